The van der Waals surface area contributed by atoms with E-state index in [-0.39, 0.29) is 24.4 Å². The van der Waals surface area contributed by atoms with Gasteiger partial charge in [0.05, 0.1) is 0 Å². The predicted octanol–water partition coefficient (Wildman–Crippen LogP) is 0.291. The third kappa shape index (κ3) is 2.91. The van der Waals surface area contributed by atoms with Crippen LogP contribution in [0.2, 0.25) is 0 Å². The number of carboxylic acid groups (broad SMARTS) is 2. The molecule has 0 saturated heterocycles. The first-order chi connectivity index (χ1) is 6.13. The molecule has 1 aromatic rings. The van der Waals surface area contributed by atoms with Crippen molar-refractivity contribution in [3.8, 4) is 0 Å². The Morgan fingerprint density at radius 1 is 1.00 bits per heavy atom. The first-order valence-electron chi connectivity index (χ1n) is 3.63. The van der Waals surface area contributed by atoms with Gasteiger partial charge in [0.15, 0.2) is 5.92 Å². The Morgan fingerprint density at radius 3 is 1.79 bits per heavy atom. The van der Waals surface area contributed by atoms with Gasteiger partial charge < -0.3 is 10.2 Å². The van der Waals surface area contributed by atoms with Crippen LogP contribution in [0, 0.1) is 0 Å². The van der Waals surface area contributed by atoms with Gasteiger partial charge in [0.25, 0.3) is 0 Å². The van der Waals surface area contributed by atoms with Crippen molar-refractivity contribution in [2.24, 2.45) is 0 Å². The van der Waals surface area contributed by atoms with Gasteiger partial charge >= 0.3 is 30.8 Å². The van der Waals surface area contributed by atoms with Crippen molar-refractivity contribution < 1.29 is 19.8 Å². The van der Waals surface area contributed by atoms with Gasteiger partial charge in [0.2, 0.25) is 0 Å². The summed E-state index contributed by atoms with van der Waals surface area (Å²) < 4.78 is 0. The number of rotatable bonds is 3. The average molecular weight is 188 g/mol. The van der Waals surface area contributed by atoms with E-state index in [1.165, 1.54) is 12.1 Å². The zero-order chi connectivity index (χ0) is 9.84. The maximum absolute atomic E-state index is 10.6. The van der Waals surface area contributed by atoms with Gasteiger partial charge in [-0.05, 0) is 5.56 Å². The molecule has 0 heterocycles. The Balaban J connectivity index is 0.00000169. The summed E-state index contributed by atoms with van der Waals surface area (Å²) in [6, 6.07) is 7.87. The molecule has 70 valence electrons. The van der Waals surface area contributed by atoms with Crippen LogP contribution in [0.3, 0.4) is 0 Å². The second-order valence-electron chi connectivity index (χ2n) is 2.52. The average Bonchev–Trinajstić information content (AvgIpc) is 2.04. The quantitative estimate of drug-likeness (QED) is 0.528. The summed E-state index contributed by atoms with van der Waals surface area (Å²) in [5.41, 5.74) is 0.280. The van der Waals surface area contributed by atoms with Crippen molar-refractivity contribution in [2.75, 3.05) is 0 Å². The predicted molar refractivity (Wildman–Crippen MR) is 51.6 cm³/mol. The molecule has 14 heavy (non-hydrogen) atoms. The fourth-order valence-corrected chi connectivity index (χ4v) is 1.04. The molecule has 0 bridgehead atoms. The van der Waals surface area contributed by atoms with Crippen molar-refractivity contribution in [2.45, 2.75) is 5.92 Å². The second kappa shape index (κ2) is 5.48. The minimum absolute atomic E-state index is 0. The van der Waals surface area contributed by atoms with Crippen LogP contribution < -0.4 is 0 Å². The van der Waals surface area contributed by atoms with Gasteiger partial charge in [-0.3, -0.25) is 9.59 Å². The molecule has 0 aliphatic rings. The Kier molecular flexibility index (Phi) is 4.99. The van der Waals surface area contributed by atoms with Crippen LogP contribution in [-0.2, 0) is 9.59 Å². The summed E-state index contributed by atoms with van der Waals surface area (Å²) >= 11 is 0. The van der Waals surface area contributed by atoms with E-state index in [2.05, 4.69) is 0 Å². The normalized spacial score (nSPS) is 9.21. The number of benzene rings is 1. The molecule has 0 saturated carbocycles. The van der Waals surface area contributed by atoms with Crippen molar-refractivity contribution in [1.82, 2.24) is 0 Å². The van der Waals surface area contributed by atoms with Crippen LogP contribution in [0.1, 0.15) is 11.5 Å². The molecule has 1 aromatic carbocycles. The summed E-state index contributed by atoms with van der Waals surface area (Å²) in [7, 11) is 0. The van der Waals surface area contributed by atoms with E-state index in [0.29, 0.717) is 0 Å². The van der Waals surface area contributed by atoms with E-state index < -0.39 is 17.9 Å². The first-order valence-corrected chi connectivity index (χ1v) is 3.63. The summed E-state index contributed by atoms with van der Waals surface area (Å²) in [5, 5.41) is 17.2. The van der Waals surface area contributed by atoms with Gasteiger partial charge in [-0.25, -0.2) is 0 Å². The van der Waals surface area contributed by atoms with Gasteiger partial charge in [-0.1, -0.05) is 30.3 Å². The van der Waals surface area contributed by atoms with E-state index in [0.717, 1.165) is 0 Å². The topological polar surface area (TPSA) is 74.6 Å². The second-order valence-corrected chi connectivity index (χ2v) is 2.52. The fourth-order valence-electron chi connectivity index (χ4n) is 1.04. The minimum atomic E-state index is -1.47. The number of hydrogen-bond acceptors (Lipinski definition) is 2. The van der Waals surface area contributed by atoms with Gasteiger partial charge in [-0.2, -0.15) is 0 Å². The van der Waals surface area contributed by atoms with Crippen LogP contribution in [0.25, 0.3) is 0 Å². The zero-order valence-electron chi connectivity index (χ0n) is 6.68. The molecule has 0 atom stereocenters. The Bertz CT molecular complexity index is 309. The van der Waals surface area contributed by atoms with Crippen molar-refractivity contribution in [1.29, 1.82) is 0 Å². The van der Waals surface area contributed by atoms with Crippen LogP contribution in [0.4, 0.5) is 0 Å². The third-order valence-electron chi connectivity index (χ3n) is 1.63. The van der Waals surface area contributed by atoms with Crippen molar-refractivity contribution >= 4 is 30.8 Å². The fraction of sp³-hybridized carbons (Fsp3) is 0.111. The molecular weight excluding hydrogens is 179 g/mol. The molecule has 5 heteroatoms. The maximum atomic E-state index is 10.6. The first kappa shape index (κ1) is 12.8. The molecule has 0 spiro atoms. The monoisotopic (exact) mass is 188 g/mol. The molecule has 0 aliphatic heterocycles. The number of carboxylic acids is 2. The standard InChI is InChI=1S/C9H8O4.Li.H/c10-8(11)7(9(12)13)6-4-2-1-3-5-6;;/h1-5,7H,(H,10,11)(H,12,13);;. The molecule has 0 aliphatic carbocycles. The molecule has 0 amide bonds. The Morgan fingerprint density at radius 2 is 1.43 bits per heavy atom. The van der Waals surface area contributed by atoms with E-state index in [1.807, 2.05) is 0 Å². The van der Waals surface area contributed by atoms with Gasteiger partial charge in [0, 0.05) is 0 Å². The molecule has 0 unspecified atom stereocenters. The third-order valence-corrected chi connectivity index (χ3v) is 1.63. The molecular formula is C9H9LiO4. The molecule has 0 fully saturated rings. The summed E-state index contributed by atoms with van der Waals surface area (Å²) in [5.74, 6) is -4.17. The van der Waals surface area contributed by atoms with Gasteiger partial charge in [0.1, 0.15) is 0 Å². The van der Waals surface area contributed by atoms with E-state index >= 15 is 0 Å². The summed E-state index contributed by atoms with van der Waals surface area (Å²) in [6.45, 7) is 0. The zero-order valence-corrected chi connectivity index (χ0v) is 6.68. The number of carbonyl (C=O) groups is 2. The van der Waals surface area contributed by atoms with Gasteiger partial charge in [-0.15, -0.1) is 0 Å². The van der Waals surface area contributed by atoms with Crippen LogP contribution in [-0.4, -0.2) is 41.0 Å². The Labute approximate surface area is 92.7 Å². The van der Waals surface area contributed by atoms with Crippen LogP contribution >= 0.6 is 0 Å². The SMILES string of the molecule is O=C(O)C(C(=O)O)c1ccccc1.[LiH]. The van der Waals surface area contributed by atoms with E-state index in [1.54, 1.807) is 18.2 Å². The van der Waals surface area contributed by atoms with Crippen molar-refractivity contribution in [3.63, 3.8) is 0 Å². The molecule has 2 N–H and O–H groups in total. The molecule has 0 radical (unpaired) electrons. The van der Waals surface area contributed by atoms with E-state index in [9.17, 15) is 9.59 Å². The molecule has 1 rings (SSSR count). The van der Waals surface area contributed by atoms with Crippen LogP contribution in [0.5, 0.6) is 0 Å². The Hall–Kier alpha value is -1.24. The summed E-state index contributed by atoms with van der Waals surface area (Å²) in [6.07, 6.45) is 0. The molecule has 4 nitrogen and oxygen atoms in total. The number of aliphatic carboxylic acids is 2. The molecule has 0 aromatic heterocycles. The number of hydrogen-bond donors (Lipinski definition) is 2. The van der Waals surface area contributed by atoms with Crippen LogP contribution in [0.15, 0.2) is 30.3 Å². The van der Waals surface area contributed by atoms with Crippen molar-refractivity contribution in [3.05, 3.63) is 35.9 Å². The van der Waals surface area contributed by atoms with E-state index in [4.69, 9.17) is 10.2 Å². The summed E-state index contributed by atoms with van der Waals surface area (Å²) in [4.78, 5) is 21.1.